The summed E-state index contributed by atoms with van der Waals surface area (Å²) in [5, 5.41) is 20.2. The third kappa shape index (κ3) is 4.29. The Morgan fingerprint density at radius 1 is 1.19 bits per heavy atom. The lowest BCUT2D eigenvalue weighted by molar-refractivity contribution is -0.142. The largest absolute Gasteiger partial charge is 0.480 e. The molecule has 0 saturated carbocycles. The fraction of sp³-hybridized carbons (Fsp3) is 0.500. The number of carboxylic acids is 1. The first kappa shape index (κ1) is 15.5. The molecule has 0 radical (unpaired) electrons. The Morgan fingerprint density at radius 3 is 2.57 bits per heavy atom. The first-order valence-corrected chi connectivity index (χ1v) is 7.34. The minimum atomic E-state index is -1.12. The number of nitrogens with one attached hydrogen (secondary N) is 1. The molecule has 0 aliphatic heterocycles. The number of carbonyl (C=O) groups excluding carboxylic acids is 1. The van der Waals surface area contributed by atoms with Crippen LogP contribution in [0.25, 0.3) is 0 Å². The average Bonchev–Trinajstić information content (AvgIpc) is 2.46. The van der Waals surface area contributed by atoms with Crippen LogP contribution in [0.3, 0.4) is 0 Å². The maximum atomic E-state index is 11.9. The van der Waals surface area contributed by atoms with E-state index < -0.39 is 12.0 Å². The van der Waals surface area contributed by atoms with Gasteiger partial charge in [0.15, 0.2) is 0 Å². The highest BCUT2D eigenvalue weighted by molar-refractivity contribution is 5.84. The van der Waals surface area contributed by atoms with Crippen LogP contribution in [0.15, 0.2) is 18.2 Å². The molecule has 1 atom stereocenters. The number of amides is 1. The number of carbonyl (C=O) groups is 2. The summed E-state index contributed by atoms with van der Waals surface area (Å²) in [7, 11) is 0. The number of rotatable bonds is 6. The summed E-state index contributed by atoms with van der Waals surface area (Å²) in [5.74, 6) is -1.45. The molecule has 21 heavy (non-hydrogen) atoms. The van der Waals surface area contributed by atoms with E-state index in [9.17, 15) is 9.59 Å². The highest BCUT2D eigenvalue weighted by Crippen LogP contribution is 2.22. The Bertz CT molecular complexity index is 527. The molecule has 114 valence electrons. The van der Waals surface area contributed by atoms with Crippen molar-refractivity contribution in [3.8, 4) is 0 Å². The van der Waals surface area contributed by atoms with Gasteiger partial charge in [0.2, 0.25) is 5.91 Å². The van der Waals surface area contributed by atoms with E-state index in [0.29, 0.717) is 0 Å². The zero-order valence-corrected chi connectivity index (χ0v) is 12.0. The molecule has 0 unspecified atom stereocenters. The van der Waals surface area contributed by atoms with Gasteiger partial charge in [-0.2, -0.15) is 0 Å². The molecule has 1 aliphatic rings. The SMILES string of the molecule is O=C(Cc1ccc2c(c1)CCCC2)N[C@H](CCO)C(=O)O. The third-order valence-electron chi connectivity index (χ3n) is 3.83. The van der Waals surface area contributed by atoms with Gasteiger partial charge in [0.05, 0.1) is 6.42 Å². The smallest absolute Gasteiger partial charge is 0.326 e. The topological polar surface area (TPSA) is 86.6 Å². The van der Waals surface area contributed by atoms with Gasteiger partial charge in [-0.1, -0.05) is 18.2 Å². The van der Waals surface area contributed by atoms with Crippen molar-refractivity contribution in [3.05, 3.63) is 34.9 Å². The molecule has 1 amide bonds. The normalized spacial score (nSPS) is 15.1. The quantitative estimate of drug-likeness (QED) is 0.731. The van der Waals surface area contributed by atoms with E-state index in [2.05, 4.69) is 17.4 Å². The molecule has 0 fully saturated rings. The zero-order chi connectivity index (χ0) is 15.2. The number of carboxylic acid groups (broad SMARTS) is 1. The van der Waals surface area contributed by atoms with Gasteiger partial charge in [-0.05, 0) is 42.4 Å². The summed E-state index contributed by atoms with van der Waals surface area (Å²) < 4.78 is 0. The van der Waals surface area contributed by atoms with Crippen molar-refractivity contribution < 1.29 is 19.8 Å². The molecule has 0 saturated heterocycles. The number of aryl methyl sites for hydroxylation is 2. The van der Waals surface area contributed by atoms with E-state index in [1.54, 1.807) is 0 Å². The van der Waals surface area contributed by atoms with E-state index in [-0.39, 0.29) is 25.4 Å². The van der Waals surface area contributed by atoms with Crippen molar-refractivity contribution in [2.24, 2.45) is 0 Å². The van der Waals surface area contributed by atoms with E-state index >= 15 is 0 Å². The van der Waals surface area contributed by atoms with Crippen LogP contribution in [0, 0.1) is 0 Å². The van der Waals surface area contributed by atoms with Crippen LogP contribution >= 0.6 is 0 Å². The maximum absolute atomic E-state index is 11.9. The molecule has 1 aromatic carbocycles. The summed E-state index contributed by atoms with van der Waals surface area (Å²) in [6.45, 7) is -0.268. The Kier molecular flexibility index (Phi) is 5.33. The number of aliphatic hydroxyl groups excluding tert-OH is 1. The number of fused-ring (bicyclic) bond motifs is 1. The van der Waals surface area contributed by atoms with Crippen LogP contribution in [0.2, 0.25) is 0 Å². The summed E-state index contributed by atoms with van der Waals surface area (Å²) in [5.41, 5.74) is 3.56. The lowest BCUT2D eigenvalue weighted by atomic mass is 9.90. The van der Waals surface area contributed by atoms with Crippen molar-refractivity contribution in [3.63, 3.8) is 0 Å². The minimum absolute atomic E-state index is 0.0191. The van der Waals surface area contributed by atoms with Crippen molar-refractivity contribution in [2.45, 2.75) is 44.6 Å². The molecular formula is C16H21NO4. The number of aliphatic hydroxyl groups is 1. The fourth-order valence-corrected chi connectivity index (χ4v) is 2.71. The molecule has 1 aliphatic carbocycles. The van der Waals surface area contributed by atoms with Gasteiger partial charge in [-0.25, -0.2) is 4.79 Å². The summed E-state index contributed by atoms with van der Waals surface area (Å²) in [6.07, 6.45) is 4.73. The molecule has 0 heterocycles. The second kappa shape index (κ2) is 7.22. The monoisotopic (exact) mass is 291 g/mol. The molecule has 5 heteroatoms. The fourth-order valence-electron chi connectivity index (χ4n) is 2.71. The first-order valence-electron chi connectivity index (χ1n) is 7.34. The number of benzene rings is 1. The van der Waals surface area contributed by atoms with Gasteiger partial charge in [0, 0.05) is 13.0 Å². The van der Waals surface area contributed by atoms with E-state index in [0.717, 1.165) is 18.4 Å². The molecule has 0 spiro atoms. The summed E-state index contributed by atoms with van der Waals surface area (Å²) >= 11 is 0. The van der Waals surface area contributed by atoms with Crippen LogP contribution in [-0.2, 0) is 28.9 Å². The lowest BCUT2D eigenvalue weighted by Gasteiger charge is -2.17. The van der Waals surface area contributed by atoms with Crippen molar-refractivity contribution in [1.29, 1.82) is 0 Å². The van der Waals surface area contributed by atoms with Crippen molar-refractivity contribution in [1.82, 2.24) is 5.32 Å². The molecule has 0 bridgehead atoms. The molecule has 2 rings (SSSR count). The Morgan fingerprint density at radius 2 is 1.90 bits per heavy atom. The van der Waals surface area contributed by atoms with E-state index in [1.165, 1.54) is 24.0 Å². The van der Waals surface area contributed by atoms with Crippen LogP contribution in [0.5, 0.6) is 0 Å². The molecule has 3 N–H and O–H groups in total. The first-order chi connectivity index (χ1) is 10.1. The summed E-state index contributed by atoms with van der Waals surface area (Å²) in [4.78, 5) is 22.9. The Balaban J connectivity index is 1.97. The van der Waals surface area contributed by atoms with Gasteiger partial charge in [0.1, 0.15) is 6.04 Å². The van der Waals surface area contributed by atoms with Gasteiger partial charge in [-0.3, -0.25) is 4.79 Å². The Hall–Kier alpha value is -1.88. The third-order valence-corrected chi connectivity index (χ3v) is 3.83. The van der Waals surface area contributed by atoms with Crippen molar-refractivity contribution in [2.75, 3.05) is 6.61 Å². The summed E-state index contributed by atoms with van der Waals surface area (Å²) in [6, 6.07) is 5.03. The minimum Gasteiger partial charge on any atom is -0.480 e. The van der Waals surface area contributed by atoms with Gasteiger partial charge in [0.25, 0.3) is 0 Å². The number of hydrogen-bond acceptors (Lipinski definition) is 3. The predicted octanol–water partition coefficient (Wildman–Crippen LogP) is 1.06. The van der Waals surface area contributed by atoms with Crippen LogP contribution in [0.4, 0.5) is 0 Å². The van der Waals surface area contributed by atoms with Gasteiger partial charge < -0.3 is 15.5 Å². The van der Waals surface area contributed by atoms with Crippen LogP contribution in [0.1, 0.15) is 36.0 Å². The molecule has 0 aromatic heterocycles. The predicted molar refractivity (Wildman–Crippen MR) is 78.1 cm³/mol. The molecule has 5 nitrogen and oxygen atoms in total. The lowest BCUT2D eigenvalue weighted by Crippen LogP contribution is -2.42. The molecule has 1 aromatic rings. The van der Waals surface area contributed by atoms with E-state index in [4.69, 9.17) is 10.2 Å². The van der Waals surface area contributed by atoms with Crippen molar-refractivity contribution >= 4 is 11.9 Å². The molecular weight excluding hydrogens is 270 g/mol. The number of hydrogen-bond donors (Lipinski definition) is 3. The van der Waals surface area contributed by atoms with Gasteiger partial charge in [-0.15, -0.1) is 0 Å². The van der Waals surface area contributed by atoms with Crippen LogP contribution < -0.4 is 5.32 Å². The zero-order valence-electron chi connectivity index (χ0n) is 12.0. The average molecular weight is 291 g/mol. The second-order valence-electron chi connectivity index (χ2n) is 5.46. The Labute approximate surface area is 124 Å². The van der Waals surface area contributed by atoms with Crippen LogP contribution in [-0.4, -0.2) is 34.7 Å². The highest BCUT2D eigenvalue weighted by Gasteiger charge is 2.19. The van der Waals surface area contributed by atoms with Gasteiger partial charge >= 0.3 is 5.97 Å². The van der Waals surface area contributed by atoms with E-state index in [1.807, 2.05) is 6.07 Å². The second-order valence-corrected chi connectivity index (χ2v) is 5.46. The highest BCUT2D eigenvalue weighted by atomic mass is 16.4. The maximum Gasteiger partial charge on any atom is 0.326 e. The standard InChI is InChI=1S/C16H21NO4/c18-8-7-14(16(20)21)17-15(19)10-11-5-6-12-3-1-2-4-13(12)9-11/h5-6,9,14,18H,1-4,7-8,10H2,(H,17,19)(H,20,21)/t14-/m1/s1. The number of aliphatic carboxylic acids is 1.